The van der Waals surface area contributed by atoms with E-state index in [4.69, 9.17) is 0 Å². The highest BCUT2D eigenvalue weighted by molar-refractivity contribution is 7.92. The molecule has 1 fully saturated rings. The zero-order valence-corrected chi connectivity index (χ0v) is 9.38. The third-order valence-electron chi connectivity index (χ3n) is 2.33. The van der Waals surface area contributed by atoms with Gasteiger partial charge in [-0.15, -0.1) is 13.2 Å². The van der Waals surface area contributed by atoms with Gasteiger partial charge in [0.15, 0.2) is 9.84 Å². The van der Waals surface area contributed by atoms with Crippen LogP contribution in [-0.4, -0.2) is 20.0 Å². The van der Waals surface area contributed by atoms with Crippen LogP contribution in [0.5, 0.6) is 5.75 Å². The Morgan fingerprint density at radius 3 is 2.41 bits per heavy atom. The van der Waals surface area contributed by atoms with Crippen molar-refractivity contribution in [1.82, 2.24) is 0 Å². The first-order valence-electron chi connectivity index (χ1n) is 4.89. The minimum atomic E-state index is -4.82. The summed E-state index contributed by atoms with van der Waals surface area (Å²) in [5, 5.41) is -0.455. The molecule has 0 bridgehead atoms. The molecule has 1 saturated carbocycles. The van der Waals surface area contributed by atoms with Crippen molar-refractivity contribution in [2.75, 3.05) is 0 Å². The Morgan fingerprint density at radius 2 is 1.88 bits per heavy atom. The number of benzene rings is 1. The summed E-state index contributed by atoms with van der Waals surface area (Å²) in [6.07, 6.45) is -3.69. The van der Waals surface area contributed by atoms with Gasteiger partial charge >= 0.3 is 6.36 Å². The molecule has 0 radical (unpaired) electrons. The van der Waals surface area contributed by atoms with Crippen LogP contribution in [0.15, 0.2) is 29.2 Å². The molecule has 0 atom stereocenters. The summed E-state index contributed by atoms with van der Waals surface area (Å²) in [4.78, 5) is -0.123. The van der Waals surface area contributed by atoms with Gasteiger partial charge in [0, 0.05) is 0 Å². The molecule has 0 spiro atoms. The monoisotopic (exact) mass is 266 g/mol. The summed E-state index contributed by atoms with van der Waals surface area (Å²) >= 11 is 0. The molecule has 1 aliphatic carbocycles. The van der Waals surface area contributed by atoms with Crippen molar-refractivity contribution in [2.45, 2.75) is 29.3 Å². The van der Waals surface area contributed by atoms with E-state index in [1.54, 1.807) is 0 Å². The third kappa shape index (κ3) is 2.91. The van der Waals surface area contributed by atoms with Crippen molar-refractivity contribution in [2.24, 2.45) is 0 Å². The zero-order valence-electron chi connectivity index (χ0n) is 8.57. The van der Waals surface area contributed by atoms with Crippen molar-refractivity contribution < 1.29 is 26.3 Å². The van der Waals surface area contributed by atoms with Crippen LogP contribution < -0.4 is 4.74 Å². The quantitative estimate of drug-likeness (QED) is 0.844. The van der Waals surface area contributed by atoms with Gasteiger partial charge in [0.05, 0.1) is 10.1 Å². The van der Waals surface area contributed by atoms with Crippen molar-refractivity contribution in [1.29, 1.82) is 0 Å². The minimum absolute atomic E-state index is 0.123. The summed E-state index contributed by atoms with van der Waals surface area (Å²) in [5.41, 5.74) is 0. The van der Waals surface area contributed by atoms with E-state index < -0.39 is 27.2 Å². The number of hydrogen-bond acceptors (Lipinski definition) is 3. The molecule has 1 aliphatic rings. The van der Waals surface area contributed by atoms with Crippen molar-refractivity contribution in [3.63, 3.8) is 0 Å². The highest BCUT2D eigenvalue weighted by atomic mass is 32.2. The molecule has 7 heteroatoms. The topological polar surface area (TPSA) is 43.4 Å². The fourth-order valence-electron chi connectivity index (χ4n) is 1.42. The first-order valence-corrected chi connectivity index (χ1v) is 6.43. The molecule has 0 aromatic heterocycles. The Bertz CT molecular complexity index is 518. The molecule has 1 aromatic rings. The lowest BCUT2D eigenvalue weighted by molar-refractivity contribution is -0.274. The Morgan fingerprint density at radius 1 is 1.24 bits per heavy atom. The molecule has 3 nitrogen and oxygen atoms in total. The van der Waals surface area contributed by atoms with Gasteiger partial charge in [-0.05, 0) is 31.0 Å². The highest BCUT2D eigenvalue weighted by Crippen LogP contribution is 2.35. The van der Waals surface area contributed by atoms with E-state index in [0.717, 1.165) is 12.1 Å². The lowest BCUT2D eigenvalue weighted by Gasteiger charge is -2.10. The van der Waals surface area contributed by atoms with Gasteiger partial charge in [-0.25, -0.2) is 8.42 Å². The van der Waals surface area contributed by atoms with Gasteiger partial charge in [0.25, 0.3) is 0 Å². The zero-order chi connectivity index (χ0) is 12.7. The first-order chi connectivity index (χ1) is 7.79. The molecular weight excluding hydrogens is 257 g/mol. The van der Waals surface area contributed by atoms with Gasteiger partial charge in [-0.1, -0.05) is 6.07 Å². The van der Waals surface area contributed by atoms with Crippen molar-refractivity contribution in [3.05, 3.63) is 24.3 Å². The van der Waals surface area contributed by atoms with E-state index in [1.165, 1.54) is 12.1 Å². The number of sulfone groups is 1. The number of hydrogen-bond donors (Lipinski definition) is 0. The molecule has 0 aliphatic heterocycles. The minimum Gasteiger partial charge on any atom is -0.406 e. The number of ether oxygens (including phenoxy) is 1. The molecule has 1 aromatic carbocycles. The predicted octanol–water partition coefficient (Wildman–Crippen LogP) is 2.52. The Balaban J connectivity index is 2.29. The largest absolute Gasteiger partial charge is 0.573 e. The lowest BCUT2D eigenvalue weighted by Crippen LogP contribution is -2.17. The van der Waals surface area contributed by atoms with E-state index in [-0.39, 0.29) is 4.90 Å². The van der Waals surface area contributed by atoms with E-state index in [1.807, 2.05) is 0 Å². The smallest absolute Gasteiger partial charge is 0.406 e. The van der Waals surface area contributed by atoms with Crippen LogP contribution in [0.4, 0.5) is 13.2 Å². The van der Waals surface area contributed by atoms with Crippen LogP contribution in [0.25, 0.3) is 0 Å². The number of halogens is 3. The average molecular weight is 266 g/mol. The molecule has 2 rings (SSSR count). The second-order valence-electron chi connectivity index (χ2n) is 3.77. The van der Waals surface area contributed by atoms with Gasteiger partial charge in [-0.2, -0.15) is 0 Å². The molecule has 0 heterocycles. The maximum Gasteiger partial charge on any atom is 0.573 e. The number of rotatable bonds is 3. The van der Waals surface area contributed by atoms with Crippen LogP contribution in [0, 0.1) is 0 Å². The maximum atomic E-state index is 12.0. The summed E-state index contributed by atoms with van der Waals surface area (Å²) in [5.74, 6) is -0.515. The summed E-state index contributed by atoms with van der Waals surface area (Å²) < 4.78 is 63.1. The van der Waals surface area contributed by atoms with Gasteiger partial charge in [-0.3, -0.25) is 0 Å². The normalized spacial score (nSPS) is 16.9. The SMILES string of the molecule is O=S(=O)(c1cccc(OC(F)(F)F)c1)C1CC1. The average Bonchev–Trinajstić information content (AvgIpc) is 2.98. The second kappa shape index (κ2) is 3.90. The third-order valence-corrected chi connectivity index (χ3v) is 4.59. The van der Waals surface area contributed by atoms with Crippen LogP contribution in [-0.2, 0) is 9.84 Å². The fraction of sp³-hybridized carbons (Fsp3) is 0.400. The van der Waals surface area contributed by atoms with E-state index in [0.29, 0.717) is 12.8 Å². The van der Waals surface area contributed by atoms with Gasteiger partial charge < -0.3 is 4.74 Å². The highest BCUT2D eigenvalue weighted by Gasteiger charge is 2.37. The summed E-state index contributed by atoms with van der Waals surface area (Å²) in [7, 11) is -3.49. The van der Waals surface area contributed by atoms with Crippen LogP contribution in [0.1, 0.15) is 12.8 Å². The fourth-order valence-corrected chi connectivity index (χ4v) is 3.11. The molecule has 94 valence electrons. The summed E-state index contributed by atoms with van der Waals surface area (Å²) in [6.45, 7) is 0. The van der Waals surface area contributed by atoms with E-state index >= 15 is 0 Å². The second-order valence-corrected chi connectivity index (χ2v) is 6.00. The molecule has 0 saturated heterocycles. The van der Waals surface area contributed by atoms with Crippen LogP contribution >= 0.6 is 0 Å². The maximum absolute atomic E-state index is 12.0. The molecule has 0 amide bonds. The van der Waals surface area contributed by atoms with E-state index in [9.17, 15) is 21.6 Å². The Labute approximate surface area is 96.1 Å². The van der Waals surface area contributed by atoms with E-state index in [2.05, 4.69) is 4.74 Å². The van der Waals surface area contributed by atoms with Crippen LogP contribution in [0.3, 0.4) is 0 Å². The van der Waals surface area contributed by atoms with Crippen molar-refractivity contribution >= 4 is 9.84 Å². The van der Waals surface area contributed by atoms with Gasteiger partial charge in [0.2, 0.25) is 0 Å². The Hall–Kier alpha value is -1.24. The molecule has 0 unspecified atom stereocenters. The predicted molar refractivity (Wildman–Crippen MR) is 53.3 cm³/mol. The lowest BCUT2D eigenvalue weighted by atomic mass is 10.3. The standard InChI is InChI=1S/C10H9F3O3S/c11-10(12,13)16-7-2-1-3-9(6-7)17(14,15)8-4-5-8/h1-3,6,8H,4-5H2. The van der Waals surface area contributed by atoms with Crippen LogP contribution in [0.2, 0.25) is 0 Å². The molecular formula is C10H9F3O3S. The van der Waals surface area contributed by atoms with Crippen molar-refractivity contribution in [3.8, 4) is 5.75 Å². The molecule has 0 N–H and O–H groups in total. The molecule has 17 heavy (non-hydrogen) atoms. The summed E-state index contributed by atoms with van der Waals surface area (Å²) in [6, 6.07) is 4.48. The first kappa shape index (κ1) is 12.2. The van der Waals surface area contributed by atoms with Gasteiger partial charge in [0.1, 0.15) is 5.75 Å². The number of alkyl halides is 3. The Kier molecular flexibility index (Phi) is 2.81.